The van der Waals surface area contributed by atoms with Crippen molar-refractivity contribution in [3.05, 3.63) is 70.7 Å². The predicted molar refractivity (Wildman–Crippen MR) is 100 cm³/mol. The van der Waals surface area contributed by atoms with Gasteiger partial charge >= 0.3 is 0 Å². The van der Waals surface area contributed by atoms with Gasteiger partial charge in [-0.3, -0.25) is 0 Å². The molecular weight excluding hydrogens is 411 g/mol. The molecule has 2 aromatic rings. The van der Waals surface area contributed by atoms with Crippen molar-refractivity contribution >= 4 is 43.5 Å². The highest BCUT2D eigenvalue weighted by molar-refractivity contribution is 9.09. The Hall–Kier alpha value is -0.310. The lowest BCUT2D eigenvalue weighted by Gasteiger charge is -2.31. The Morgan fingerprint density at radius 3 is 2.10 bits per heavy atom. The van der Waals surface area contributed by atoms with E-state index < -0.39 is 0 Å². The van der Waals surface area contributed by atoms with E-state index in [9.17, 15) is 0 Å². The molecule has 2 rings (SSSR count). The fraction of sp³-hybridized carbons (Fsp3) is 0.333. The standard InChI is InChI=1S/C18H19Br2Cl/c19-13-18(14-20,16-10-4-5-11-17(16)21)12-6-9-15-7-2-1-3-8-15/h1-5,7-8,10-11H,6,9,12-14H2. The molecule has 0 aliphatic rings. The molecule has 2 aromatic carbocycles. The topological polar surface area (TPSA) is 0 Å². The van der Waals surface area contributed by atoms with E-state index in [0.29, 0.717) is 0 Å². The number of hydrogen-bond acceptors (Lipinski definition) is 0. The summed E-state index contributed by atoms with van der Waals surface area (Å²) in [6.45, 7) is 0. The van der Waals surface area contributed by atoms with Crippen LogP contribution in [0.3, 0.4) is 0 Å². The van der Waals surface area contributed by atoms with Gasteiger partial charge in [0.1, 0.15) is 0 Å². The summed E-state index contributed by atoms with van der Waals surface area (Å²) in [5.41, 5.74) is 2.68. The molecule has 0 atom stereocenters. The van der Waals surface area contributed by atoms with Gasteiger partial charge in [-0.25, -0.2) is 0 Å². The minimum atomic E-state index is 0.0487. The first-order valence-electron chi connectivity index (χ1n) is 7.13. The Balaban J connectivity index is 2.10. The fourth-order valence-corrected chi connectivity index (χ4v) is 5.04. The average Bonchev–Trinajstić information content (AvgIpc) is 2.54. The highest BCUT2D eigenvalue weighted by Crippen LogP contribution is 2.37. The number of alkyl halides is 2. The molecule has 0 N–H and O–H groups in total. The summed E-state index contributed by atoms with van der Waals surface area (Å²) >= 11 is 13.8. The third-order valence-corrected chi connectivity index (χ3v) is 6.40. The van der Waals surface area contributed by atoms with Crippen molar-refractivity contribution in [1.82, 2.24) is 0 Å². The molecule has 0 aromatic heterocycles. The lowest BCUT2D eigenvalue weighted by Crippen LogP contribution is -2.30. The van der Waals surface area contributed by atoms with Crippen LogP contribution in [0.25, 0.3) is 0 Å². The summed E-state index contributed by atoms with van der Waals surface area (Å²) in [5.74, 6) is 0. The summed E-state index contributed by atoms with van der Waals surface area (Å²) in [6, 6.07) is 18.8. The molecule has 0 unspecified atom stereocenters. The van der Waals surface area contributed by atoms with E-state index in [1.54, 1.807) is 0 Å². The second-order valence-electron chi connectivity index (χ2n) is 5.37. The Morgan fingerprint density at radius 1 is 0.857 bits per heavy atom. The van der Waals surface area contributed by atoms with Crippen molar-refractivity contribution in [1.29, 1.82) is 0 Å². The molecule has 0 saturated heterocycles. The first-order chi connectivity index (χ1) is 10.2. The minimum Gasteiger partial charge on any atom is -0.0918 e. The van der Waals surface area contributed by atoms with Crippen molar-refractivity contribution in [3.63, 3.8) is 0 Å². The maximum Gasteiger partial charge on any atom is 0.0444 e. The molecule has 0 amide bonds. The van der Waals surface area contributed by atoms with Crippen LogP contribution in [0.5, 0.6) is 0 Å². The number of halogens is 3. The second kappa shape index (κ2) is 8.36. The van der Waals surface area contributed by atoms with E-state index in [1.807, 2.05) is 12.1 Å². The zero-order chi connectivity index (χ0) is 15.1. The molecule has 3 heteroatoms. The van der Waals surface area contributed by atoms with Crippen molar-refractivity contribution in [2.45, 2.75) is 24.7 Å². The van der Waals surface area contributed by atoms with Crippen molar-refractivity contribution in [2.24, 2.45) is 0 Å². The molecule has 0 aliphatic heterocycles. The quantitative estimate of drug-likeness (QED) is 0.447. The lowest BCUT2D eigenvalue weighted by molar-refractivity contribution is 0.484. The molecule has 0 radical (unpaired) electrons. The van der Waals surface area contributed by atoms with E-state index in [4.69, 9.17) is 11.6 Å². The number of benzene rings is 2. The zero-order valence-electron chi connectivity index (χ0n) is 11.9. The fourth-order valence-electron chi connectivity index (χ4n) is 2.61. The van der Waals surface area contributed by atoms with E-state index in [1.165, 1.54) is 11.1 Å². The summed E-state index contributed by atoms with van der Waals surface area (Å²) in [6.07, 6.45) is 3.35. The van der Waals surface area contributed by atoms with Crippen LogP contribution in [0, 0.1) is 0 Å². The van der Waals surface area contributed by atoms with Gasteiger partial charge in [0.25, 0.3) is 0 Å². The SMILES string of the molecule is Clc1ccccc1C(CBr)(CBr)CCCc1ccccc1. The first kappa shape index (κ1) is 17.1. The van der Waals surface area contributed by atoms with Crippen LogP contribution < -0.4 is 0 Å². The highest BCUT2D eigenvalue weighted by atomic mass is 79.9. The Labute approximate surface area is 149 Å². The van der Waals surface area contributed by atoms with Gasteiger partial charge in [0.05, 0.1) is 0 Å². The average molecular weight is 431 g/mol. The van der Waals surface area contributed by atoms with Crippen LogP contribution in [0.2, 0.25) is 5.02 Å². The van der Waals surface area contributed by atoms with Crippen LogP contribution >= 0.6 is 43.5 Å². The highest BCUT2D eigenvalue weighted by Gasteiger charge is 2.31. The van der Waals surface area contributed by atoms with Gasteiger partial charge < -0.3 is 0 Å². The van der Waals surface area contributed by atoms with Crippen LogP contribution in [-0.4, -0.2) is 10.7 Å². The molecule has 0 spiro atoms. The van der Waals surface area contributed by atoms with Gasteiger partial charge in [-0.05, 0) is 36.5 Å². The van der Waals surface area contributed by atoms with E-state index in [2.05, 4.69) is 74.3 Å². The maximum absolute atomic E-state index is 6.42. The van der Waals surface area contributed by atoms with Gasteiger partial charge in [-0.2, -0.15) is 0 Å². The number of hydrogen-bond donors (Lipinski definition) is 0. The van der Waals surface area contributed by atoms with E-state index >= 15 is 0 Å². The molecule has 0 fully saturated rings. The Morgan fingerprint density at radius 2 is 1.48 bits per heavy atom. The van der Waals surface area contributed by atoms with Crippen molar-refractivity contribution < 1.29 is 0 Å². The third-order valence-electron chi connectivity index (χ3n) is 3.92. The van der Waals surface area contributed by atoms with Crippen LogP contribution in [-0.2, 0) is 11.8 Å². The van der Waals surface area contributed by atoms with Crippen molar-refractivity contribution in [3.8, 4) is 0 Å². The van der Waals surface area contributed by atoms with Gasteiger partial charge in [0, 0.05) is 21.1 Å². The maximum atomic E-state index is 6.42. The largest absolute Gasteiger partial charge is 0.0918 e. The van der Waals surface area contributed by atoms with Crippen LogP contribution in [0.4, 0.5) is 0 Å². The summed E-state index contributed by atoms with van der Waals surface area (Å²) in [5, 5.41) is 2.67. The molecule has 112 valence electrons. The molecule has 21 heavy (non-hydrogen) atoms. The normalized spacial score (nSPS) is 11.6. The Bertz CT molecular complexity index is 550. The second-order valence-corrected chi connectivity index (χ2v) is 6.90. The molecular formula is C18H19Br2Cl. The molecule has 0 saturated carbocycles. The van der Waals surface area contributed by atoms with E-state index in [0.717, 1.165) is 34.9 Å². The summed E-state index contributed by atoms with van der Waals surface area (Å²) in [4.78, 5) is 0. The molecule has 0 aliphatic carbocycles. The van der Waals surface area contributed by atoms with E-state index in [-0.39, 0.29) is 5.41 Å². The van der Waals surface area contributed by atoms with Crippen LogP contribution in [0.15, 0.2) is 54.6 Å². The molecule has 0 nitrogen and oxygen atoms in total. The zero-order valence-corrected chi connectivity index (χ0v) is 15.8. The molecule has 0 bridgehead atoms. The summed E-state index contributed by atoms with van der Waals surface area (Å²) < 4.78 is 0. The first-order valence-corrected chi connectivity index (χ1v) is 9.75. The molecule has 0 heterocycles. The lowest BCUT2D eigenvalue weighted by atomic mass is 9.79. The van der Waals surface area contributed by atoms with Gasteiger partial charge in [-0.15, -0.1) is 0 Å². The van der Waals surface area contributed by atoms with Crippen LogP contribution in [0.1, 0.15) is 24.0 Å². The number of aryl methyl sites for hydroxylation is 1. The third kappa shape index (κ3) is 4.34. The van der Waals surface area contributed by atoms with Crippen molar-refractivity contribution in [2.75, 3.05) is 10.7 Å². The van der Waals surface area contributed by atoms with Gasteiger partial charge in [-0.1, -0.05) is 92.0 Å². The number of rotatable bonds is 7. The van der Waals surface area contributed by atoms with Gasteiger partial charge in [0.2, 0.25) is 0 Å². The van der Waals surface area contributed by atoms with Gasteiger partial charge in [0.15, 0.2) is 0 Å². The minimum absolute atomic E-state index is 0.0487. The monoisotopic (exact) mass is 428 g/mol. The summed E-state index contributed by atoms with van der Waals surface area (Å²) in [7, 11) is 0. The predicted octanol–water partition coefficient (Wildman–Crippen LogP) is 6.39. The Kier molecular flexibility index (Phi) is 6.78. The smallest absolute Gasteiger partial charge is 0.0444 e.